The van der Waals surface area contributed by atoms with Gasteiger partial charge in [0.2, 0.25) is 0 Å². The van der Waals surface area contributed by atoms with E-state index >= 15 is 0 Å². The van der Waals surface area contributed by atoms with E-state index in [9.17, 15) is 5.11 Å². The Balaban J connectivity index is 1.66. The summed E-state index contributed by atoms with van der Waals surface area (Å²) in [5.74, 6) is 0. The number of benzene rings is 1. The zero-order chi connectivity index (χ0) is 17.4. The van der Waals surface area contributed by atoms with Gasteiger partial charge in [0.05, 0.1) is 30.4 Å². The standard InChI is InChI=1S/C18H20ClN3O2S/c19-16-6-13(22-8-15-5-14(22)10-24-15)4-12(7-20)17(16)25-18-11(9-23)2-1-3-21-18/h1-4,6,14-15,23H,5,7-10,20H2. The number of anilines is 1. The van der Waals surface area contributed by atoms with Crippen molar-refractivity contribution in [3.63, 3.8) is 0 Å². The number of nitrogens with two attached hydrogens (primary N) is 1. The lowest BCUT2D eigenvalue weighted by Gasteiger charge is -2.30. The van der Waals surface area contributed by atoms with E-state index in [1.54, 1.807) is 6.20 Å². The maximum absolute atomic E-state index is 9.51. The molecule has 7 heteroatoms. The maximum atomic E-state index is 9.51. The van der Waals surface area contributed by atoms with E-state index in [1.807, 2.05) is 18.2 Å². The highest BCUT2D eigenvalue weighted by atomic mass is 35.5. The summed E-state index contributed by atoms with van der Waals surface area (Å²) in [6.07, 6.45) is 3.13. The predicted molar refractivity (Wildman–Crippen MR) is 99.1 cm³/mol. The Morgan fingerprint density at radius 3 is 2.96 bits per heavy atom. The van der Waals surface area contributed by atoms with Gasteiger partial charge < -0.3 is 20.5 Å². The Bertz CT molecular complexity index is 789. The van der Waals surface area contributed by atoms with Crippen molar-refractivity contribution in [2.24, 2.45) is 5.73 Å². The molecular formula is C18H20ClN3O2S. The summed E-state index contributed by atoms with van der Waals surface area (Å²) < 4.78 is 5.68. The molecule has 0 spiro atoms. The number of rotatable bonds is 5. The molecule has 25 heavy (non-hydrogen) atoms. The number of fused-ring (bicyclic) bond motifs is 2. The van der Waals surface area contributed by atoms with Crippen molar-refractivity contribution in [1.82, 2.24) is 4.98 Å². The first-order valence-electron chi connectivity index (χ1n) is 8.33. The lowest BCUT2D eigenvalue weighted by Crippen LogP contribution is -2.37. The van der Waals surface area contributed by atoms with Crippen molar-refractivity contribution in [3.05, 3.63) is 46.6 Å². The molecule has 0 aliphatic carbocycles. The lowest BCUT2D eigenvalue weighted by molar-refractivity contribution is 0.0991. The number of hydrogen-bond donors (Lipinski definition) is 2. The molecule has 0 amide bonds. The smallest absolute Gasteiger partial charge is 0.106 e. The Kier molecular flexibility index (Phi) is 4.88. The highest BCUT2D eigenvalue weighted by Crippen LogP contribution is 2.41. The van der Waals surface area contributed by atoms with Crippen LogP contribution in [0.15, 0.2) is 40.4 Å². The SMILES string of the molecule is NCc1cc(N2CC3CC2CO3)cc(Cl)c1Sc1ncccc1CO. The summed E-state index contributed by atoms with van der Waals surface area (Å²) in [6, 6.07) is 8.24. The van der Waals surface area contributed by atoms with E-state index in [-0.39, 0.29) is 6.61 Å². The first kappa shape index (κ1) is 17.1. The highest BCUT2D eigenvalue weighted by Gasteiger charge is 2.39. The minimum Gasteiger partial charge on any atom is -0.392 e. The van der Waals surface area contributed by atoms with Gasteiger partial charge in [-0.2, -0.15) is 0 Å². The average Bonchev–Trinajstić information content (AvgIpc) is 3.27. The quantitative estimate of drug-likeness (QED) is 0.834. The minimum absolute atomic E-state index is 0.0549. The second-order valence-electron chi connectivity index (χ2n) is 6.35. The molecule has 2 atom stereocenters. The summed E-state index contributed by atoms with van der Waals surface area (Å²) in [4.78, 5) is 7.64. The summed E-state index contributed by atoms with van der Waals surface area (Å²) in [5.41, 5.74) is 8.88. The van der Waals surface area contributed by atoms with Crippen molar-refractivity contribution >= 4 is 29.1 Å². The van der Waals surface area contributed by atoms with Crippen LogP contribution in [0.5, 0.6) is 0 Å². The van der Waals surface area contributed by atoms with Crippen LogP contribution in [0.3, 0.4) is 0 Å². The van der Waals surface area contributed by atoms with Crippen LogP contribution in [0.1, 0.15) is 17.5 Å². The molecule has 0 saturated carbocycles. The average molecular weight is 378 g/mol. The first-order valence-corrected chi connectivity index (χ1v) is 9.52. The van der Waals surface area contributed by atoms with E-state index in [0.29, 0.717) is 23.7 Å². The second kappa shape index (κ2) is 7.13. The number of morpholine rings is 1. The number of halogens is 1. The van der Waals surface area contributed by atoms with Crippen LogP contribution in [0.25, 0.3) is 0 Å². The van der Waals surface area contributed by atoms with Gasteiger partial charge in [-0.1, -0.05) is 29.4 Å². The zero-order valence-electron chi connectivity index (χ0n) is 13.7. The van der Waals surface area contributed by atoms with Crippen LogP contribution in [-0.2, 0) is 17.9 Å². The van der Waals surface area contributed by atoms with Gasteiger partial charge in [0, 0.05) is 35.4 Å². The molecule has 2 aromatic rings. The number of aliphatic hydroxyl groups excluding tert-OH is 1. The summed E-state index contributed by atoms with van der Waals surface area (Å²) in [5, 5.41) is 10.9. The van der Waals surface area contributed by atoms with Gasteiger partial charge in [0.15, 0.2) is 0 Å². The summed E-state index contributed by atoms with van der Waals surface area (Å²) in [6.45, 7) is 2.03. The third kappa shape index (κ3) is 3.25. The maximum Gasteiger partial charge on any atom is 0.106 e. The molecule has 3 N–H and O–H groups in total. The number of aliphatic hydroxyl groups is 1. The summed E-state index contributed by atoms with van der Waals surface area (Å²) >= 11 is 8.07. The predicted octanol–water partition coefficient (Wildman–Crippen LogP) is 2.81. The van der Waals surface area contributed by atoms with E-state index in [0.717, 1.165) is 46.3 Å². The third-order valence-corrected chi connectivity index (χ3v) is 6.43. The molecule has 4 rings (SSSR count). The van der Waals surface area contributed by atoms with E-state index < -0.39 is 0 Å². The van der Waals surface area contributed by atoms with Gasteiger partial charge in [0.1, 0.15) is 5.03 Å². The number of ether oxygens (including phenoxy) is 1. The fourth-order valence-corrected chi connectivity index (χ4v) is 4.86. The largest absolute Gasteiger partial charge is 0.392 e. The molecule has 2 fully saturated rings. The molecule has 2 bridgehead atoms. The molecule has 1 aromatic heterocycles. The molecule has 5 nitrogen and oxygen atoms in total. The van der Waals surface area contributed by atoms with Crippen molar-refractivity contribution in [3.8, 4) is 0 Å². The number of nitrogens with zero attached hydrogens (tertiary/aromatic N) is 2. The van der Waals surface area contributed by atoms with Crippen molar-refractivity contribution in [1.29, 1.82) is 0 Å². The summed E-state index contributed by atoms with van der Waals surface area (Å²) in [7, 11) is 0. The van der Waals surface area contributed by atoms with Gasteiger partial charge in [0.25, 0.3) is 0 Å². The van der Waals surface area contributed by atoms with Crippen LogP contribution < -0.4 is 10.6 Å². The molecule has 2 unspecified atom stereocenters. The van der Waals surface area contributed by atoms with Crippen LogP contribution in [0.4, 0.5) is 5.69 Å². The fourth-order valence-electron chi connectivity index (χ4n) is 3.52. The molecule has 0 radical (unpaired) electrons. The van der Waals surface area contributed by atoms with E-state index in [2.05, 4.69) is 16.0 Å². The molecule has 2 aliphatic heterocycles. The van der Waals surface area contributed by atoms with E-state index in [4.69, 9.17) is 22.1 Å². The van der Waals surface area contributed by atoms with Crippen LogP contribution >= 0.6 is 23.4 Å². The number of hydrogen-bond acceptors (Lipinski definition) is 6. The molecule has 3 heterocycles. The van der Waals surface area contributed by atoms with E-state index in [1.165, 1.54) is 11.8 Å². The van der Waals surface area contributed by atoms with Crippen molar-refractivity contribution in [2.75, 3.05) is 18.1 Å². The third-order valence-electron chi connectivity index (χ3n) is 4.78. The second-order valence-corrected chi connectivity index (χ2v) is 7.75. The fraction of sp³-hybridized carbons (Fsp3) is 0.389. The minimum atomic E-state index is -0.0549. The van der Waals surface area contributed by atoms with Crippen LogP contribution in [-0.4, -0.2) is 35.4 Å². The Morgan fingerprint density at radius 1 is 1.40 bits per heavy atom. The molecule has 2 aliphatic rings. The molecular weight excluding hydrogens is 358 g/mol. The molecule has 132 valence electrons. The Morgan fingerprint density at radius 2 is 2.28 bits per heavy atom. The Hall–Kier alpha value is -1.31. The van der Waals surface area contributed by atoms with Crippen LogP contribution in [0, 0.1) is 0 Å². The number of aromatic nitrogens is 1. The monoisotopic (exact) mass is 377 g/mol. The number of pyridine rings is 1. The van der Waals surface area contributed by atoms with Gasteiger partial charge in [-0.15, -0.1) is 0 Å². The zero-order valence-corrected chi connectivity index (χ0v) is 15.3. The van der Waals surface area contributed by atoms with Crippen LogP contribution in [0.2, 0.25) is 5.02 Å². The van der Waals surface area contributed by atoms with Crippen molar-refractivity contribution in [2.45, 2.75) is 41.6 Å². The highest BCUT2D eigenvalue weighted by molar-refractivity contribution is 7.99. The topological polar surface area (TPSA) is 71.6 Å². The first-order chi connectivity index (χ1) is 12.2. The Labute approximate surface area is 156 Å². The lowest BCUT2D eigenvalue weighted by atomic mass is 10.1. The van der Waals surface area contributed by atoms with Gasteiger partial charge in [-0.3, -0.25) is 0 Å². The normalized spacial score (nSPS) is 22.0. The van der Waals surface area contributed by atoms with Crippen molar-refractivity contribution < 1.29 is 9.84 Å². The van der Waals surface area contributed by atoms with Gasteiger partial charge in [-0.05, 0) is 30.2 Å². The molecule has 1 aromatic carbocycles. The molecule has 2 saturated heterocycles. The van der Waals surface area contributed by atoms with Gasteiger partial charge >= 0.3 is 0 Å². The van der Waals surface area contributed by atoms with Gasteiger partial charge in [-0.25, -0.2) is 4.98 Å².